The molecule has 2 rings (SSSR count). The highest BCUT2D eigenvalue weighted by Gasteiger charge is 2.09. The molecule has 0 aliphatic heterocycles. The average molecular weight is 274 g/mol. The van der Waals surface area contributed by atoms with E-state index in [9.17, 15) is 9.59 Å². The molecule has 0 aliphatic carbocycles. The van der Waals surface area contributed by atoms with Crippen molar-refractivity contribution in [2.45, 2.75) is 13.3 Å². The van der Waals surface area contributed by atoms with Crippen molar-refractivity contribution in [2.24, 2.45) is 0 Å². The molecule has 0 atom stereocenters. The summed E-state index contributed by atoms with van der Waals surface area (Å²) in [5.74, 6) is -0.118. The molecule has 1 aromatic carbocycles. The predicted octanol–water partition coefficient (Wildman–Crippen LogP) is 1.40. The molecule has 0 saturated carbocycles. The lowest BCUT2D eigenvalue weighted by molar-refractivity contribution is 0.0694. The number of hydrogen-bond acceptors (Lipinski definition) is 4. The minimum absolute atomic E-state index is 0.347. The summed E-state index contributed by atoms with van der Waals surface area (Å²) in [5.41, 5.74) is 0.00198. The van der Waals surface area contributed by atoms with Gasteiger partial charge < -0.3 is 14.8 Å². The number of nitrogens with zero attached hydrogens (tertiary/aromatic N) is 1. The number of carboxylic acids is 1. The molecule has 104 valence electrons. The Balaban J connectivity index is 1.98. The normalized spacial score (nSPS) is 10.2. The zero-order valence-corrected chi connectivity index (χ0v) is 10.9. The van der Waals surface area contributed by atoms with Gasteiger partial charge in [-0.3, -0.25) is 4.79 Å². The van der Waals surface area contributed by atoms with E-state index >= 15 is 0 Å². The van der Waals surface area contributed by atoms with Gasteiger partial charge in [-0.05, 0) is 18.6 Å². The summed E-state index contributed by atoms with van der Waals surface area (Å²) in [7, 11) is 0. The fourth-order valence-electron chi connectivity index (χ4n) is 1.69. The fourth-order valence-corrected chi connectivity index (χ4v) is 1.69. The number of H-pyrrole nitrogens is 1. The van der Waals surface area contributed by atoms with E-state index in [0.717, 1.165) is 17.5 Å². The van der Waals surface area contributed by atoms with Crippen LogP contribution in [0.1, 0.15) is 21.7 Å². The third kappa shape index (κ3) is 3.23. The molecule has 0 amide bonds. The molecule has 2 aromatic rings. The Hall–Kier alpha value is -2.63. The van der Waals surface area contributed by atoms with E-state index < -0.39 is 11.5 Å². The van der Waals surface area contributed by atoms with Crippen molar-refractivity contribution in [2.75, 3.05) is 6.61 Å². The molecule has 0 radical (unpaired) electrons. The van der Waals surface area contributed by atoms with Gasteiger partial charge in [-0.15, -0.1) is 0 Å². The minimum atomic E-state index is -1.29. The third-order valence-electron chi connectivity index (χ3n) is 2.77. The molecule has 0 fully saturated rings. The van der Waals surface area contributed by atoms with E-state index in [-0.39, 0.29) is 5.56 Å². The fraction of sp³-hybridized carbons (Fsp3) is 0.214. The monoisotopic (exact) mass is 274 g/mol. The van der Waals surface area contributed by atoms with Crippen LogP contribution in [0.4, 0.5) is 0 Å². The largest absolute Gasteiger partial charge is 0.493 e. The Labute approximate surface area is 115 Å². The number of ether oxygens (including phenoxy) is 1. The van der Waals surface area contributed by atoms with Gasteiger partial charge in [0.05, 0.1) is 6.61 Å². The van der Waals surface area contributed by atoms with Gasteiger partial charge in [0.25, 0.3) is 5.56 Å². The molecular weight excluding hydrogens is 260 g/mol. The van der Waals surface area contributed by atoms with Crippen molar-refractivity contribution in [3.8, 4) is 5.75 Å². The molecule has 1 heterocycles. The first kappa shape index (κ1) is 13.8. The van der Waals surface area contributed by atoms with Gasteiger partial charge in [-0.25, -0.2) is 9.78 Å². The van der Waals surface area contributed by atoms with Crippen LogP contribution < -0.4 is 10.3 Å². The van der Waals surface area contributed by atoms with E-state index in [1.807, 2.05) is 31.2 Å². The minimum Gasteiger partial charge on any atom is -0.493 e. The van der Waals surface area contributed by atoms with Crippen molar-refractivity contribution < 1.29 is 14.6 Å². The van der Waals surface area contributed by atoms with Crippen LogP contribution in [-0.4, -0.2) is 27.7 Å². The molecule has 0 saturated heterocycles. The SMILES string of the molecule is Cc1ccccc1OCCc1ncc(C(=O)O)c(=O)[nH]1. The molecule has 6 nitrogen and oxygen atoms in total. The molecule has 0 aliphatic rings. The van der Waals surface area contributed by atoms with Crippen LogP contribution in [0.3, 0.4) is 0 Å². The Kier molecular flexibility index (Phi) is 4.14. The number of aromatic nitrogens is 2. The molecule has 0 spiro atoms. The van der Waals surface area contributed by atoms with E-state index in [1.165, 1.54) is 0 Å². The highest BCUT2D eigenvalue weighted by Crippen LogP contribution is 2.16. The summed E-state index contributed by atoms with van der Waals surface area (Å²) in [6, 6.07) is 7.60. The number of aryl methyl sites for hydroxylation is 1. The van der Waals surface area contributed by atoms with Crippen molar-refractivity contribution in [3.05, 3.63) is 57.8 Å². The Bertz CT molecular complexity index is 679. The van der Waals surface area contributed by atoms with E-state index in [4.69, 9.17) is 9.84 Å². The third-order valence-corrected chi connectivity index (χ3v) is 2.77. The van der Waals surface area contributed by atoms with Crippen molar-refractivity contribution in [1.29, 1.82) is 0 Å². The zero-order valence-electron chi connectivity index (χ0n) is 10.9. The summed E-state index contributed by atoms with van der Waals surface area (Å²) >= 11 is 0. The first-order chi connectivity index (χ1) is 9.58. The van der Waals surface area contributed by atoms with Gasteiger partial charge in [0, 0.05) is 12.6 Å². The lowest BCUT2D eigenvalue weighted by Crippen LogP contribution is -2.21. The maximum atomic E-state index is 11.5. The van der Waals surface area contributed by atoms with Crippen molar-refractivity contribution in [3.63, 3.8) is 0 Å². The van der Waals surface area contributed by atoms with E-state index in [0.29, 0.717) is 18.9 Å². The van der Waals surface area contributed by atoms with Crippen LogP contribution in [0.5, 0.6) is 5.75 Å². The number of nitrogens with one attached hydrogen (secondary N) is 1. The first-order valence-corrected chi connectivity index (χ1v) is 6.08. The maximum absolute atomic E-state index is 11.5. The van der Waals surface area contributed by atoms with Crippen LogP contribution in [0.15, 0.2) is 35.3 Å². The molecule has 0 unspecified atom stereocenters. The van der Waals surface area contributed by atoms with E-state index in [2.05, 4.69) is 9.97 Å². The second-order valence-electron chi connectivity index (χ2n) is 4.24. The Morgan fingerprint density at radius 1 is 1.40 bits per heavy atom. The Morgan fingerprint density at radius 3 is 2.80 bits per heavy atom. The summed E-state index contributed by atoms with van der Waals surface area (Å²) < 4.78 is 5.58. The smallest absolute Gasteiger partial charge is 0.342 e. The molecule has 0 bridgehead atoms. The van der Waals surface area contributed by atoms with E-state index in [1.54, 1.807) is 0 Å². The highest BCUT2D eigenvalue weighted by atomic mass is 16.5. The number of para-hydroxylation sites is 1. The summed E-state index contributed by atoms with van der Waals surface area (Å²) in [6.07, 6.45) is 1.45. The van der Waals surface area contributed by atoms with Crippen molar-refractivity contribution in [1.82, 2.24) is 9.97 Å². The molecule has 2 N–H and O–H groups in total. The van der Waals surface area contributed by atoms with Gasteiger partial charge >= 0.3 is 5.97 Å². The molecule has 1 aromatic heterocycles. The van der Waals surface area contributed by atoms with Gasteiger partial charge in [0.2, 0.25) is 0 Å². The predicted molar refractivity (Wildman–Crippen MR) is 72.2 cm³/mol. The van der Waals surface area contributed by atoms with Crippen LogP contribution in [0.2, 0.25) is 0 Å². The second kappa shape index (κ2) is 6.01. The number of aromatic carboxylic acids is 1. The lowest BCUT2D eigenvalue weighted by Gasteiger charge is -2.08. The highest BCUT2D eigenvalue weighted by molar-refractivity contribution is 5.86. The van der Waals surface area contributed by atoms with Crippen LogP contribution in [0.25, 0.3) is 0 Å². The molecular formula is C14H14N2O4. The van der Waals surface area contributed by atoms with Crippen molar-refractivity contribution >= 4 is 5.97 Å². The summed E-state index contributed by atoms with van der Waals surface area (Å²) in [5, 5.41) is 8.73. The standard InChI is InChI=1S/C14H14N2O4/c1-9-4-2-3-5-11(9)20-7-6-12-15-8-10(14(18)19)13(17)16-12/h2-5,8H,6-7H2,1H3,(H,18,19)(H,15,16,17). The topological polar surface area (TPSA) is 92.3 Å². The molecule has 20 heavy (non-hydrogen) atoms. The first-order valence-electron chi connectivity index (χ1n) is 6.08. The maximum Gasteiger partial charge on any atom is 0.342 e. The average Bonchev–Trinajstić information content (AvgIpc) is 2.40. The van der Waals surface area contributed by atoms with Crippen LogP contribution in [0, 0.1) is 6.92 Å². The summed E-state index contributed by atoms with van der Waals surface area (Å²) in [6.45, 7) is 2.29. The number of benzene rings is 1. The molecule has 6 heteroatoms. The number of hydrogen-bond donors (Lipinski definition) is 2. The number of aromatic amines is 1. The zero-order chi connectivity index (χ0) is 14.5. The Morgan fingerprint density at radius 2 is 2.15 bits per heavy atom. The quantitative estimate of drug-likeness (QED) is 0.859. The van der Waals surface area contributed by atoms with Crippen LogP contribution in [-0.2, 0) is 6.42 Å². The van der Waals surface area contributed by atoms with Gasteiger partial charge in [-0.1, -0.05) is 18.2 Å². The number of carboxylic acid groups (broad SMARTS) is 1. The van der Waals surface area contributed by atoms with Crippen LogP contribution >= 0.6 is 0 Å². The number of carbonyl (C=O) groups is 1. The second-order valence-corrected chi connectivity index (χ2v) is 4.24. The number of rotatable bonds is 5. The summed E-state index contributed by atoms with van der Waals surface area (Å²) in [4.78, 5) is 28.5. The lowest BCUT2D eigenvalue weighted by atomic mass is 10.2. The van der Waals surface area contributed by atoms with Gasteiger partial charge in [0.1, 0.15) is 17.1 Å². The van der Waals surface area contributed by atoms with Gasteiger partial charge in [-0.2, -0.15) is 0 Å². The van der Waals surface area contributed by atoms with Gasteiger partial charge in [0.15, 0.2) is 0 Å².